The molecule has 0 aromatic carbocycles. The molecule has 0 spiro atoms. The third kappa shape index (κ3) is 17.8. The third-order valence-electron chi connectivity index (χ3n) is 4.56. The number of ketones is 1. The average Bonchev–Trinajstić information content (AvgIpc) is 2.54. The minimum absolute atomic E-state index is 0.302. The Morgan fingerprint density at radius 2 is 0.913 bits per heavy atom. The third-order valence-corrected chi connectivity index (χ3v) is 4.56. The highest BCUT2D eigenvalue weighted by molar-refractivity contribution is 5.81. The molecule has 0 rings (SSSR count). The van der Waals surface area contributed by atoms with Crippen LogP contribution >= 0.6 is 0 Å². The van der Waals surface area contributed by atoms with Crippen molar-refractivity contribution in [2.75, 3.05) is 0 Å². The van der Waals surface area contributed by atoms with Crippen LogP contribution in [0.1, 0.15) is 116 Å². The minimum atomic E-state index is -1.77. The van der Waals surface area contributed by atoms with Gasteiger partial charge < -0.3 is 10.2 Å². The Morgan fingerprint density at radius 1 is 0.609 bits per heavy atom. The summed E-state index contributed by atoms with van der Waals surface area (Å²) in [7, 11) is 0. The summed E-state index contributed by atoms with van der Waals surface area (Å²) >= 11 is 0. The maximum Gasteiger partial charge on any atom is 0.212 e. The molecule has 0 aromatic heterocycles. The van der Waals surface area contributed by atoms with Gasteiger partial charge in [0.2, 0.25) is 6.29 Å². The topological polar surface area (TPSA) is 57.5 Å². The molecule has 0 heterocycles. The first-order valence-electron chi connectivity index (χ1n) is 10.1. The zero-order chi connectivity index (χ0) is 17.2. The highest BCUT2D eigenvalue weighted by atomic mass is 16.5. The van der Waals surface area contributed by atoms with E-state index in [1.807, 2.05) is 0 Å². The van der Waals surface area contributed by atoms with E-state index in [0.29, 0.717) is 6.42 Å². The van der Waals surface area contributed by atoms with Crippen molar-refractivity contribution in [2.24, 2.45) is 0 Å². The van der Waals surface area contributed by atoms with E-state index < -0.39 is 12.1 Å². The molecule has 3 heteroatoms. The summed E-state index contributed by atoms with van der Waals surface area (Å²) in [6, 6.07) is 0. The first-order chi connectivity index (χ1) is 11.2. The zero-order valence-electron chi connectivity index (χ0n) is 15.4. The van der Waals surface area contributed by atoms with Crippen LogP contribution in [0.25, 0.3) is 0 Å². The SMILES string of the molecule is CCCCCCCCCCCCCCCCCCC(=O)C(O)O. The molecule has 0 atom stereocenters. The summed E-state index contributed by atoms with van der Waals surface area (Å²) < 4.78 is 0. The normalized spacial score (nSPS) is 11.3. The Balaban J connectivity index is 3.04. The summed E-state index contributed by atoms with van der Waals surface area (Å²) in [5.41, 5.74) is 0. The Morgan fingerprint density at radius 3 is 1.22 bits per heavy atom. The van der Waals surface area contributed by atoms with E-state index in [0.717, 1.165) is 19.3 Å². The lowest BCUT2D eigenvalue weighted by molar-refractivity contribution is -0.145. The van der Waals surface area contributed by atoms with Crippen LogP contribution in [0.2, 0.25) is 0 Å². The van der Waals surface area contributed by atoms with Gasteiger partial charge in [-0.1, -0.05) is 103 Å². The van der Waals surface area contributed by atoms with E-state index in [4.69, 9.17) is 10.2 Å². The molecule has 3 nitrogen and oxygen atoms in total. The standard InChI is InChI=1S/C20H40O3/c1-2-3-4-5-6-7-8-9-10-11-12-13-14-15-16-17-18-19(21)20(22)23/h20,22-23H,2-18H2,1H3. The van der Waals surface area contributed by atoms with Gasteiger partial charge in [0.05, 0.1) is 0 Å². The van der Waals surface area contributed by atoms with Gasteiger partial charge in [-0.3, -0.25) is 4.79 Å². The second kappa shape index (κ2) is 17.9. The maximum atomic E-state index is 11.0. The van der Waals surface area contributed by atoms with Crippen molar-refractivity contribution < 1.29 is 15.0 Å². The van der Waals surface area contributed by atoms with Gasteiger partial charge in [-0.05, 0) is 6.42 Å². The van der Waals surface area contributed by atoms with Crippen LogP contribution in [0.15, 0.2) is 0 Å². The molecule has 0 unspecified atom stereocenters. The van der Waals surface area contributed by atoms with Gasteiger partial charge in [0.25, 0.3) is 0 Å². The van der Waals surface area contributed by atoms with E-state index in [9.17, 15) is 4.79 Å². The minimum Gasteiger partial charge on any atom is -0.362 e. The molecule has 0 saturated heterocycles. The van der Waals surface area contributed by atoms with Crippen LogP contribution in [-0.2, 0) is 4.79 Å². The van der Waals surface area contributed by atoms with Crippen LogP contribution in [0.4, 0.5) is 0 Å². The van der Waals surface area contributed by atoms with Crippen LogP contribution in [-0.4, -0.2) is 22.3 Å². The molecule has 0 radical (unpaired) electrons. The number of hydrogen-bond donors (Lipinski definition) is 2. The number of rotatable bonds is 18. The molecule has 0 aliphatic carbocycles. The number of Topliss-reactive ketones (excluding diaryl/α,β-unsaturated/α-hetero) is 1. The predicted molar refractivity (Wildman–Crippen MR) is 97.4 cm³/mol. The summed E-state index contributed by atoms with van der Waals surface area (Å²) in [5, 5.41) is 17.3. The Hall–Kier alpha value is -0.410. The number of unbranched alkanes of at least 4 members (excludes halogenated alkanes) is 15. The van der Waals surface area contributed by atoms with Gasteiger partial charge in [-0.15, -0.1) is 0 Å². The highest BCUT2D eigenvalue weighted by Gasteiger charge is 2.09. The van der Waals surface area contributed by atoms with Gasteiger partial charge in [0.1, 0.15) is 0 Å². The lowest BCUT2D eigenvalue weighted by atomic mass is 10.0. The second-order valence-electron chi connectivity index (χ2n) is 6.89. The summed E-state index contributed by atoms with van der Waals surface area (Å²) in [6.45, 7) is 2.27. The Bertz CT molecular complexity index is 251. The smallest absolute Gasteiger partial charge is 0.212 e. The van der Waals surface area contributed by atoms with Crippen molar-refractivity contribution in [3.8, 4) is 0 Å². The lowest BCUT2D eigenvalue weighted by Crippen LogP contribution is -2.18. The van der Waals surface area contributed by atoms with E-state index in [-0.39, 0.29) is 0 Å². The summed E-state index contributed by atoms with van der Waals surface area (Å²) in [4.78, 5) is 11.0. The fraction of sp³-hybridized carbons (Fsp3) is 0.950. The van der Waals surface area contributed by atoms with Crippen LogP contribution < -0.4 is 0 Å². The number of aliphatic hydroxyl groups is 2. The van der Waals surface area contributed by atoms with Gasteiger partial charge in [-0.2, -0.15) is 0 Å². The van der Waals surface area contributed by atoms with Crippen molar-refractivity contribution in [2.45, 2.75) is 122 Å². The molecule has 0 aliphatic heterocycles. The van der Waals surface area contributed by atoms with Crippen molar-refractivity contribution in [1.29, 1.82) is 0 Å². The molecule has 138 valence electrons. The van der Waals surface area contributed by atoms with Gasteiger partial charge >= 0.3 is 0 Å². The van der Waals surface area contributed by atoms with E-state index in [1.54, 1.807) is 0 Å². The number of carbonyl (C=O) groups excluding carboxylic acids is 1. The Kier molecular flexibility index (Phi) is 17.6. The lowest BCUT2D eigenvalue weighted by Gasteiger charge is -2.04. The van der Waals surface area contributed by atoms with Crippen LogP contribution in [0, 0.1) is 0 Å². The van der Waals surface area contributed by atoms with E-state index in [1.165, 1.54) is 83.5 Å². The van der Waals surface area contributed by atoms with E-state index in [2.05, 4.69) is 6.92 Å². The molecule has 23 heavy (non-hydrogen) atoms. The fourth-order valence-corrected chi connectivity index (χ4v) is 2.98. The molecule has 0 aliphatic rings. The van der Waals surface area contributed by atoms with Crippen LogP contribution in [0.3, 0.4) is 0 Å². The predicted octanol–water partition coefficient (Wildman–Crippen LogP) is 5.52. The van der Waals surface area contributed by atoms with Crippen molar-refractivity contribution in [1.82, 2.24) is 0 Å². The maximum absolute atomic E-state index is 11.0. The van der Waals surface area contributed by atoms with E-state index >= 15 is 0 Å². The molecule has 0 fully saturated rings. The molecular formula is C20H40O3. The highest BCUT2D eigenvalue weighted by Crippen LogP contribution is 2.14. The molecular weight excluding hydrogens is 288 g/mol. The quantitative estimate of drug-likeness (QED) is 0.257. The van der Waals surface area contributed by atoms with Gasteiger partial charge in [-0.25, -0.2) is 0 Å². The molecule has 0 aromatic rings. The first kappa shape index (κ1) is 22.6. The fourth-order valence-electron chi connectivity index (χ4n) is 2.98. The van der Waals surface area contributed by atoms with Crippen molar-refractivity contribution in [3.05, 3.63) is 0 Å². The average molecular weight is 329 g/mol. The summed E-state index contributed by atoms with van der Waals surface area (Å²) in [5.74, 6) is -0.449. The number of aliphatic hydroxyl groups excluding tert-OH is 1. The molecule has 2 N–H and O–H groups in total. The number of hydrogen-bond acceptors (Lipinski definition) is 3. The second-order valence-corrected chi connectivity index (χ2v) is 6.89. The summed E-state index contributed by atoms with van der Waals surface area (Å²) in [6.07, 6.45) is 19.4. The Labute approximate surface area is 143 Å². The molecule has 0 saturated carbocycles. The number of carbonyl (C=O) groups is 1. The van der Waals surface area contributed by atoms with Crippen LogP contribution in [0.5, 0.6) is 0 Å². The van der Waals surface area contributed by atoms with Crippen molar-refractivity contribution >= 4 is 5.78 Å². The van der Waals surface area contributed by atoms with Gasteiger partial charge in [0, 0.05) is 6.42 Å². The molecule has 0 amide bonds. The van der Waals surface area contributed by atoms with Gasteiger partial charge in [0.15, 0.2) is 5.78 Å². The molecule has 0 bridgehead atoms. The zero-order valence-corrected chi connectivity index (χ0v) is 15.4. The van der Waals surface area contributed by atoms with Crippen molar-refractivity contribution in [3.63, 3.8) is 0 Å². The largest absolute Gasteiger partial charge is 0.362 e. The first-order valence-corrected chi connectivity index (χ1v) is 10.1. The monoisotopic (exact) mass is 328 g/mol.